The summed E-state index contributed by atoms with van der Waals surface area (Å²) in [5.74, 6) is 1.26. The third kappa shape index (κ3) is 5.45. The van der Waals surface area contributed by atoms with Crippen molar-refractivity contribution in [3.8, 4) is 23.0 Å². The van der Waals surface area contributed by atoms with Crippen LogP contribution in [0.4, 0.5) is 5.69 Å². The van der Waals surface area contributed by atoms with Crippen molar-refractivity contribution in [1.29, 1.82) is 0 Å². The minimum Gasteiger partial charge on any atom is -0.453 e. The summed E-state index contributed by atoms with van der Waals surface area (Å²) in [7, 11) is -4.14. The Balaban J connectivity index is 1.72. The number of hydrogen-bond donors (Lipinski definition) is 1. The van der Waals surface area contributed by atoms with Crippen LogP contribution in [-0.4, -0.2) is 27.5 Å². The smallest absolute Gasteiger partial charge is 0.270 e. The summed E-state index contributed by atoms with van der Waals surface area (Å²) in [6, 6.07) is 14.6. The van der Waals surface area contributed by atoms with Crippen LogP contribution in [0.15, 0.2) is 59.5 Å². The fraction of sp³-hybridized carbons (Fsp3) is 0.286. The van der Waals surface area contributed by atoms with Crippen molar-refractivity contribution in [2.24, 2.45) is 5.73 Å². The Bertz CT molecular complexity index is 1450. The molecule has 2 N–H and O–H groups in total. The van der Waals surface area contributed by atoms with Crippen molar-refractivity contribution in [2.75, 3.05) is 11.1 Å². The fourth-order valence-corrected chi connectivity index (χ4v) is 5.41. The van der Waals surface area contributed by atoms with Crippen LogP contribution in [0.2, 0.25) is 0 Å². The number of benzene rings is 3. The number of nitrogens with zero attached hydrogens (tertiary/aromatic N) is 1. The van der Waals surface area contributed by atoms with E-state index >= 15 is 0 Å². The van der Waals surface area contributed by atoms with Crippen LogP contribution < -0.4 is 24.2 Å². The number of rotatable bonds is 11. The molecular formula is C28H30N2O7S. The number of carbonyl (C=O) groups excluding carboxylic acids is 2. The van der Waals surface area contributed by atoms with Gasteiger partial charge in [-0.2, -0.15) is 0 Å². The summed E-state index contributed by atoms with van der Waals surface area (Å²) in [6.45, 7) is 6.01. The number of primary amides is 1. The van der Waals surface area contributed by atoms with Crippen LogP contribution in [0.1, 0.15) is 49.8 Å². The summed E-state index contributed by atoms with van der Waals surface area (Å²) in [5, 5.41) is 0. The molecule has 0 aliphatic carbocycles. The third-order valence-electron chi connectivity index (χ3n) is 6.17. The highest BCUT2D eigenvalue weighted by molar-refractivity contribution is 7.93. The van der Waals surface area contributed by atoms with Gasteiger partial charge in [-0.05, 0) is 59.9 Å². The fourth-order valence-electron chi connectivity index (χ4n) is 4.20. The molecule has 0 atom stereocenters. The number of anilines is 1. The predicted molar refractivity (Wildman–Crippen MR) is 142 cm³/mol. The standard InChI is InChI=1S/C28H30N2O7S/c1-4-5-20-14-22(30(16-31)38(33,34)23-10-6-19(7-11-23)18(2)3)9-13-24(20)37-27-21(15-26(29)32)8-12-25-28(27)36-17-35-25/h6-14,16,18H,4-5,15,17H2,1-3H3,(H2,29,32). The highest BCUT2D eigenvalue weighted by Gasteiger charge is 2.27. The second-order valence-electron chi connectivity index (χ2n) is 9.20. The van der Waals surface area contributed by atoms with Gasteiger partial charge in [-0.3, -0.25) is 9.59 Å². The number of ether oxygens (including phenoxy) is 3. The topological polar surface area (TPSA) is 125 Å². The quantitative estimate of drug-likeness (QED) is 0.352. The maximum Gasteiger partial charge on any atom is 0.270 e. The van der Waals surface area contributed by atoms with Gasteiger partial charge in [0, 0.05) is 5.56 Å². The lowest BCUT2D eigenvalue weighted by Gasteiger charge is -2.21. The van der Waals surface area contributed by atoms with Crippen molar-refractivity contribution in [1.82, 2.24) is 0 Å². The van der Waals surface area contributed by atoms with E-state index in [1.165, 1.54) is 18.2 Å². The highest BCUT2D eigenvalue weighted by atomic mass is 32.2. The highest BCUT2D eigenvalue weighted by Crippen LogP contribution is 2.46. The lowest BCUT2D eigenvalue weighted by Crippen LogP contribution is -2.29. The molecule has 10 heteroatoms. The van der Waals surface area contributed by atoms with Gasteiger partial charge in [0.1, 0.15) is 5.75 Å². The number of amides is 2. The molecule has 3 aromatic carbocycles. The lowest BCUT2D eigenvalue weighted by atomic mass is 10.0. The van der Waals surface area contributed by atoms with Gasteiger partial charge in [-0.15, -0.1) is 0 Å². The molecule has 2 amide bonds. The van der Waals surface area contributed by atoms with Crippen LogP contribution in [0, 0.1) is 0 Å². The molecule has 200 valence electrons. The SMILES string of the molecule is CCCc1cc(N(C=O)S(=O)(=O)c2ccc(C(C)C)cc2)ccc1Oc1c(CC(N)=O)ccc2c1OCO2. The third-order valence-corrected chi connectivity index (χ3v) is 7.85. The van der Waals surface area contributed by atoms with E-state index in [9.17, 15) is 18.0 Å². The van der Waals surface area contributed by atoms with Gasteiger partial charge in [0.2, 0.25) is 24.9 Å². The van der Waals surface area contributed by atoms with Crippen LogP contribution in [0.5, 0.6) is 23.0 Å². The van der Waals surface area contributed by atoms with Gasteiger partial charge in [0.25, 0.3) is 10.0 Å². The molecule has 4 rings (SSSR count). The number of fused-ring (bicyclic) bond motifs is 1. The van der Waals surface area contributed by atoms with Crippen LogP contribution in [0.3, 0.4) is 0 Å². The molecule has 0 spiro atoms. The van der Waals surface area contributed by atoms with E-state index in [0.29, 0.717) is 40.5 Å². The van der Waals surface area contributed by atoms with Crippen LogP contribution in [-0.2, 0) is 32.5 Å². The first kappa shape index (κ1) is 27.0. The van der Waals surface area contributed by atoms with Crippen molar-refractivity contribution in [3.63, 3.8) is 0 Å². The summed E-state index contributed by atoms with van der Waals surface area (Å²) < 4.78 is 44.7. The summed E-state index contributed by atoms with van der Waals surface area (Å²) in [4.78, 5) is 23.7. The number of aryl methyl sites for hydroxylation is 1. The minimum absolute atomic E-state index is 0.0107. The Labute approximate surface area is 222 Å². The van der Waals surface area contributed by atoms with Crippen molar-refractivity contribution in [3.05, 3.63) is 71.3 Å². The van der Waals surface area contributed by atoms with Gasteiger partial charge in [-0.1, -0.05) is 45.4 Å². The van der Waals surface area contributed by atoms with Crippen LogP contribution in [0.25, 0.3) is 0 Å². The molecule has 3 aromatic rings. The molecule has 1 aliphatic heterocycles. The first-order valence-corrected chi connectivity index (χ1v) is 13.7. The first-order chi connectivity index (χ1) is 18.1. The Morgan fingerprint density at radius 2 is 1.82 bits per heavy atom. The molecule has 0 saturated heterocycles. The monoisotopic (exact) mass is 538 g/mol. The minimum atomic E-state index is -4.14. The van der Waals surface area contributed by atoms with E-state index in [0.717, 1.165) is 16.3 Å². The Kier molecular flexibility index (Phi) is 7.91. The van der Waals surface area contributed by atoms with E-state index in [1.54, 1.807) is 36.4 Å². The van der Waals surface area contributed by atoms with Gasteiger partial charge >= 0.3 is 0 Å². The zero-order chi connectivity index (χ0) is 27.4. The Hall–Kier alpha value is -4.05. The van der Waals surface area contributed by atoms with E-state index in [4.69, 9.17) is 19.9 Å². The first-order valence-electron chi connectivity index (χ1n) is 12.3. The molecule has 38 heavy (non-hydrogen) atoms. The second kappa shape index (κ2) is 11.1. The number of hydrogen-bond acceptors (Lipinski definition) is 7. The molecule has 0 unspecified atom stereocenters. The molecule has 1 aliphatic rings. The van der Waals surface area contributed by atoms with Gasteiger partial charge in [0.05, 0.1) is 17.0 Å². The normalized spacial score (nSPS) is 12.4. The lowest BCUT2D eigenvalue weighted by molar-refractivity contribution is -0.117. The van der Waals surface area contributed by atoms with E-state index in [2.05, 4.69) is 0 Å². The van der Waals surface area contributed by atoms with E-state index in [1.807, 2.05) is 20.8 Å². The summed E-state index contributed by atoms with van der Waals surface area (Å²) >= 11 is 0. The number of carbonyl (C=O) groups is 2. The molecule has 0 radical (unpaired) electrons. The maximum absolute atomic E-state index is 13.4. The number of nitrogens with two attached hydrogens (primary N) is 1. The summed E-state index contributed by atoms with van der Waals surface area (Å²) in [6.07, 6.45) is 1.49. The van der Waals surface area contributed by atoms with Gasteiger partial charge in [0.15, 0.2) is 11.5 Å². The molecule has 0 saturated carbocycles. The van der Waals surface area contributed by atoms with Crippen molar-refractivity contribution >= 4 is 28.0 Å². The average Bonchev–Trinajstić information content (AvgIpc) is 3.36. The molecule has 9 nitrogen and oxygen atoms in total. The second-order valence-corrected chi connectivity index (χ2v) is 11.0. The van der Waals surface area contributed by atoms with Gasteiger partial charge in [-0.25, -0.2) is 12.7 Å². The van der Waals surface area contributed by atoms with Crippen LogP contribution >= 0.6 is 0 Å². The van der Waals surface area contributed by atoms with Crippen molar-refractivity contribution < 1.29 is 32.2 Å². The van der Waals surface area contributed by atoms with E-state index < -0.39 is 15.9 Å². The zero-order valence-electron chi connectivity index (χ0n) is 21.5. The summed E-state index contributed by atoms with van der Waals surface area (Å²) in [5.41, 5.74) is 7.79. The Morgan fingerprint density at radius 1 is 1.08 bits per heavy atom. The molecule has 0 fully saturated rings. The predicted octanol–water partition coefficient (Wildman–Crippen LogP) is 4.66. The average molecular weight is 539 g/mol. The number of sulfonamides is 1. The molecule has 1 heterocycles. The maximum atomic E-state index is 13.4. The van der Waals surface area contributed by atoms with Gasteiger partial charge < -0.3 is 19.9 Å². The van der Waals surface area contributed by atoms with Crippen molar-refractivity contribution in [2.45, 2.75) is 50.8 Å². The molecular weight excluding hydrogens is 508 g/mol. The molecule has 0 bridgehead atoms. The molecule has 0 aromatic heterocycles. The zero-order valence-corrected chi connectivity index (χ0v) is 22.3. The van der Waals surface area contributed by atoms with E-state index in [-0.39, 0.29) is 36.1 Å². The largest absolute Gasteiger partial charge is 0.453 e. The Morgan fingerprint density at radius 3 is 2.45 bits per heavy atom.